The summed E-state index contributed by atoms with van der Waals surface area (Å²) in [5, 5.41) is 9.07. The molecule has 0 aromatic heterocycles. The SMILES string of the molecule is CC(C)N(CC[C@H](c1ccccc1)c1cc(C=CCCCCO)ccc1OCc1ccccc1)C(C)C. The fourth-order valence-electron chi connectivity index (χ4n) is 4.98. The van der Waals surface area contributed by atoms with Crippen LogP contribution in [0.5, 0.6) is 5.75 Å². The van der Waals surface area contributed by atoms with Crippen molar-refractivity contribution in [1.29, 1.82) is 0 Å². The lowest BCUT2D eigenvalue weighted by molar-refractivity contribution is 0.170. The second kappa shape index (κ2) is 15.4. The lowest BCUT2D eigenvalue weighted by Crippen LogP contribution is -2.38. The van der Waals surface area contributed by atoms with E-state index in [1.165, 1.54) is 22.3 Å². The van der Waals surface area contributed by atoms with Gasteiger partial charge in [0.05, 0.1) is 0 Å². The van der Waals surface area contributed by atoms with Gasteiger partial charge in [-0.05, 0) is 88.7 Å². The number of aliphatic hydroxyl groups is 1. The molecule has 0 saturated heterocycles. The van der Waals surface area contributed by atoms with Gasteiger partial charge in [-0.25, -0.2) is 0 Å². The summed E-state index contributed by atoms with van der Waals surface area (Å²) in [4.78, 5) is 2.57. The van der Waals surface area contributed by atoms with Crippen molar-refractivity contribution >= 4 is 6.08 Å². The Balaban J connectivity index is 1.95. The number of rotatable bonds is 15. The third kappa shape index (κ3) is 9.18. The molecule has 0 saturated carbocycles. The predicted molar refractivity (Wildman–Crippen MR) is 157 cm³/mol. The molecule has 3 aromatic carbocycles. The normalized spacial score (nSPS) is 12.6. The van der Waals surface area contributed by atoms with Crippen molar-refractivity contribution < 1.29 is 9.84 Å². The molecular weight excluding hydrogens is 454 g/mol. The number of ether oxygens (including phenoxy) is 1. The molecule has 0 radical (unpaired) electrons. The van der Waals surface area contributed by atoms with Gasteiger partial charge in [0.15, 0.2) is 0 Å². The van der Waals surface area contributed by atoms with Crippen LogP contribution in [0.25, 0.3) is 6.08 Å². The lowest BCUT2D eigenvalue weighted by Gasteiger charge is -2.32. The van der Waals surface area contributed by atoms with Gasteiger partial charge in [0, 0.05) is 30.2 Å². The molecular formula is C34H45NO2. The van der Waals surface area contributed by atoms with Gasteiger partial charge in [-0.2, -0.15) is 0 Å². The number of hydrogen-bond acceptors (Lipinski definition) is 3. The molecule has 3 aromatic rings. The molecule has 3 rings (SSSR count). The molecule has 0 spiro atoms. The monoisotopic (exact) mass is 499 g/mol. The van der Waals surface area contributed by atoms with Crippen molar-refractivity contribution in [1.82, 2.24) is 4.90 Å². The first kappa shape index (κ1) is 28.7. The molecule has 0 unspecified atom stereocenters. The fourth-order valence-corrected chi connectivity index (χ4v) is 4.98. The number of nitrogens with zero attached hydrogens (tertiary/aromatic N) is 1. The number of aliphatic hydroxyl groups excluding tert-OH is 1. The number of allylic oxidation sites excluding steroid dienone is 1. The third-order valence-corrected chi connectivity index (χ3v) is 6.94. The van der Waals surface area contributed by atoms with Gasteiger partial charge in [0.2, 0.25) is 0 Å². The van der Waals surface area contributed by atoms with Gasteiger partial charge in [-0.15, -0.1) is 0 Å². The number of unbranched alkanes of at least 4 members (excludes halogenated alkanes) is 2. The summed E-state index contributed by atoms with van der Waals surface area (Å²) in [6, 6.07) is 28.9. The van der Waals surface area contributed by atoms with Crippen molar-refractivity contribution in [2.24, 2.45) is 0 Å². The second-order valence-corrected chi connectivity index (χ2v) is 10.4. The molecule has 0 aliphatic heterocycles. The summed E-state index contributed by atoms with van der Waals surface area (Å²) in [5.74, 6) is 1.19. The molecule has 0 aliphatic rings. The first-order valence-electron chi connectivity index (χ1n) is 13.9. The first-order chi connectivity index (χ1) is 18.0. The Morgan fingerprint density at radius 3 is 2.16 bits per heavy atom. The Labute approximate surface area is 224 Å². The van der Waals surface area contributed by atoms with Crippen LogP contribution in [0.2, 0.25) is 0 Å². The van der Waals surface area contributed by atoms with E-state index in [0.717, 1.165) is 38.0 Å². The molecule has 1 N–H and O–H groups in total. The molecule has 37 heavy (non-hydrogen) atoms. The summed E-state index contributed by atoms with van der Waals surface area (Å²) in [7, 11) is 0. The number of benzene rings is 3. The Hall–Kier alpha value is -2.88. The minimum absolute atomic E-state index is 0.231. The molecule has 0 aliphatic carbocycles. The maximum atomic E-state index is 9.07. The Bertz CT molecular complexity index is 1050. The number of hydrogen-bond donors (Lipinski definition) is 1. The van der Waals surface area contributed by atoms with E-state index in [0.29, 0.717) is 18.7 Å². The van der Waals surface area contributed by atoms with E-state index in [4.69, 9.17) is 9.84 Å². The minimum Gasteiger partial charge on any atom is -0.489 e. The largest absolute Gasteiger partial charge is 0.489 e. The molecule has 0 bridgehead atoms. The van der Waals surface area contributed by atoms with E-state index in [9.17, 15) is 0 Å². The van der Waals surface area contributed by atoms with Gasteiger partial charge in [-0.1, -0.05) is 78.9 Å². The van der Waals surface area contributed by atoms with Crippen LogP contribution in [0.4, 0.5) is 0 Å². The molecule has 198 valence electrons. The van der Waals surface area contributed by atoms with Crippen LogP contribution in [0.15, 0.2) is 84.9 Å². The van der Waals surface area contributed by atoms with Crippen LogP contribution in [0.1, 0.15) is 81.5 Å². The van der Waals surface area contributed by atoms with Crippen LogP contribution < -0.4 is 4.74 Å². The molecule has 0 fully saturated rings. The van der Waals surface area contributed by atoms with Crippen LogP contribution >= 0.6 is 0 Å². The zero-order chi connectivity index (χ0) is 26.5. The molecule has 1 atom stereocenters. The molecule has 0 amide bonds. The molecule has 0 heterocycles. The smallest absolute Gasteiger partial charge is 0.123 e. The van der Waals surface area contributed by atoms with Crippen molar-refractivity contribution in [3.8, 4) is 5.75 Å². The van der Waals surface area contributed by atoms with Crippen molar-refractivity contribution in [2.45, 2.75) is 78.0 Å². The van der Waals surface area contributed by atoms with E-state index in [1.807, 2.05) is 6.07 Å². The van der Waals surface area contributed by atoms with E-state index in [1.54, 1.807) is 0 Å². The van der Waals surface area contributed by atoms with Gasteiger partial charge in [0.1, 0.15) is 12.4 Å². The maximum Gasteiger partial charge on any atom is 0.123 e. The van der Waals surface area contributed by atoms with Crippen LogP contribution in [0.3, 0.4) is 0 Å². The summed E-state index contributed by atoms with van der Waals surface area (Å²) < 4.78 is 6.47. The zero-order valence-corrected chi connectivity index (χ0v) is 23.1. The highest BCUT2D eigenvalue weighted by Crippen LogP contribution is 2.36. The van der Waals surface area contributed by atoms with Gasteiger partial charge in [0.25, 0.3) is 0 Å². The summed E-state index contributed by atoms with van der Waals surface area (Å²) in [6.45, 7) is 11.0. The summed E-state index contributed by atoms with van der Waals surface area (Å²) >= 11 is 0. The van der Waals surface area contributed by atoms with Crippen molar-refractivity contribution in [3.05, 3.63) is 107 Å². The van der Waals surface area contributed by atoms with Crippen LogP contribution in [-0.4, -0.2) is 35.2 Å². The predicted octanol–water partition coefficient (Wildman–Crippen LogP) is 8.08. The van der Waals surface area contributed by atoms with Gasteiger partial charge >= 0.3 is 0 Å². The molecule has 3 heteroatoms. The maximum absolute atomic E-state index is 9.07. The zero-order valence-electron chi connectivity index (χ0n) is 23.1. The highest BCUT2D eigenvalue weighted by Gasteiger charge is 2.22. The van der Waals surface area contributed by atoms with E-state index in [-0.39, 0.29) is 12.5 Å². The quantitative estimate of drug-likeness (QED) is 0.215. The fraction of sp³-hybridized carbons (Fsp3) is 0.412. The van der Waals surface area contributed by atoms with Crippen LogP contribution in [-0.2, 0) is 6.61 Å². The lowest BCUT2D eigenvalue weighted by atomic mass is 9.86. The summed E-state index contributed by atoms with van der Waals surface area (Å²) in [6.07, 6.45) is 8.27. The van der Waals surface area contributed by atoms with E-state index >= 15 is 0 Å². The van der Waals surface area contributed by atoms with E-state index in [2.05, 4.69) is 118 Å². The molecule has 3 nitrogen and oxygen atoms in total. The Morgan fingerprint density at radius 2 is 1.51 bits per heavy atom. The summed E-state index contributed by atoms with van der Waals surface area (Å²) in [5.41, 5.74) is 4.93. The Kier molecular flexibility index (Phi) is 11.9. The van der Waals surface area contributed by atoms with Crippen LogP contribution in [0, 0.1) is 0 Å². The van der Waals surface area contributed by atoms with Gasteiger partial charge in [-0.3, -0.25) is 4.90 Å². The van der Waals surface area contributed by atoms with Gasteiger partial charge < -0.3 is 9.84 Å². The second-order valence-electron chi connectivity index (χ2n) is 10.4. The Morgan fingerprint density at radius 1 is 0.838 bits per heavy atom. The highest BCUT2D eigenvalue weighted by atomic mass is 16.5. The van der Waals surface area contributed by atoms with Crippen molar-refractivity contribution in [2.75, 3.05) is 13.2 Å². The third-order valence-electron chi connectivity index (χ3n) is 6.94. The first-order valence-corrected chi connectivity index (χ1v) is 13.9. The average molecular weight is 500 g/mol. The van der Waals surface area contributed by atoms with E-state index < -0.39 is 0 Å². The minimum atomic E-state index is 0.231. The van der Waals surface area contributed by atoms with Crippen molar-refractivity contribution in [3.63, 3.8) is 0 Å². The standard InChI is InChI=1S/C34H45NO2/c1-27(2)35(28(3)4)23-22-32(31-18-12-8-13-19-31)33-25-29(15-9-5-6-14-24-36)20-21-34(33)37-26-30-16-10-7-11-17-30/h7-13,15-21,25,27-28,32,36H,5-6,14,22-24,26H2,1-4H3/t32-/m1/s1. The average Bonchev–Trinajstić information content (AvgIpc) is 2.91. The highest BCUT2D eigenvalue weighted by molar-refractivity contribution is 5.55. The topological polar surface area (TPSA) is 32.7 Å².